The van der Waals surface area contributed by atoms with Crippen LogP contribution < -0.4 is 17.6 Å². The molecule has 1 unspecified atom stereocenters. The first kappa shape index (κ1) is 16.5. The Bertz CT molecular complexity index is 370. The first-order valence-corrected chi connectivity index (χ1v) is 5.08. The topological polar surface area (TPSA) is 200 Å². The molecule has 2 atom stereocenters. The zero-order valence-electron chi connectivity index (χ0n) is 9.88. The molecule has 0 aromatic rings. The van der Waals surface area contributed by atoms with E-state index in [4.69, 9.17) is 17.6 Å². The monoisotopic (exact) mass is 274 g/mol. The average Bonchev–Trinajstić information content (AvgIpc) is 2.43. The molecule has 12 nitrogen and oxygen atoms in total. The van der Waals surface area contributed by atoms with Gasteiger partial charge in [0.1, 0.15) is 0 Å². The molecule has 0 fully saturated rings. The predicted octanol–water partition coefficient (Wildman–Crippen LogP) is -0.744. The molecule has 0 aliphatic rings. The molecule has 12 heteroatoms. The Morgan fingerprint density at radius 2 is 1.58 bits per heavy atom. The summed E-state index contributed by atoms with van der Waals surface area (Å²) >= 11 is 0. The first-order chi connectivity index (χ1) is 9.10. The van der Waals surface area contributed by atoms with Crippen molar-refractivity contribution in [2.45, 2.75) is 31.3 Å². The van der Waals surface area contributed by atoms with E-state index in [0.29, 0.717) is 0 Å². The highest BCUT2D eigenvalue weighted by atomic mass is 16.7. The molecule has 0 heterocycles. The molecule has 0 rings (SSSR count). The van der Waals surface area contributed by atoms with Crippen molar-refractivity contribution in [2.75, 3.05) is 0 Å². The highest BCUT2D eigenvalue weighted by Gasteiger charge is 2.22. The second kappa shape index (κ2) is 9.52. The third-order valence-electron chi connectivity index (χ3n) is 2.13. The lowest BCUT2D eigenvalue weighted by molar-refractivity contribution is -0.146. The summed E-state index contributed by atoms with van der Waals surface area (Å²) < 4.78 is 0. The maximum absolute atomic E-state index is 11.1. The predicted molar refractivity (Wildman–Crippen MR) is 60.6 cm³/mol. The third kappa shape index (κ3) is 6.11. The van der Waals surface area contributed by atoms with Crippen LogP contribution in [0.4, 0.5) is 0 Å². The van der Waals surface area contributed by atoms with E-state index in [1.807, 2.05) is 0 Å². The fourth-order valence-electron chi connectivity index (χ4n) is 1.26. The van der Waals surface area contributed by atoms with Gasteiger partial charge in [-0.05, 0) is 19.3 Å². The minimum absolute atomic E-state index is 0.0969. The number of carbonyl (C=O) groups excluding carboxylic acids is 2. The van der Waals surface area contributed by atoms with Crippen LogP contribution in [-0.2, 0) is 14.4 Å². The van der Waals surface area contributed by atoms with Crippen LogP contribution in [0.2, 0.25) is 0 Å². The number of nitrogens with zero attached hydrogens (tertiary/aromatic N) is 5. The molecule has 19 heavy (non-hydrogen) atoms. The van der Waals surface area contributed by atoms with E-state index in [1.54, 1.807) is 0 Å². The lowest BCUT2D eigenvalue weighted by Crippen LogP contribution is -2.25. The van der Waals surface area contributed by atoms with Gasteiger partial charge in [-0.1, -0.05) is 10.4 Å². The van der Waals surface area contributed by atoms with Gasteiger partial charge in [-0.3, -0.25) is 4.79 Å². The van der Waals surface area contributed by atoms with Gasteiger partial charge in [-0.2, -0.15) is 16.1 Å². The van der Waals surface area contributed by atoms with Gasteiger partial charge < -0.3 is 16.5 Å². The van der Waals surface area contributed by atoms with E-state index < -0.39 is 24.0 Å². The van der Waals surface area contributed by atoms with Gasteiger partial charge in [0, 0.05) is 5.18 Å². The number of nitroso groups, excluding NO2 is 1. The van der Waals surface area contributed by atoms with Crippen LogP contribution in [-0.4, -0.2) is 24.0 Å². The number of carbonyl (C=O) groups is 2. The van der Waals surface area contributed by atoms with Gasteiger partial charge in [-0.25, -0.2) is 4.79 Å². The lowest BCUT2D eigenvalue weighted by atomic mass is 10.1. The number of hydrogen-bond donors (Lipinski definition) is 3. The van der Waals surface area contributed by atoms with E-state index in [-0.39, 0.29) is 19.3 Å². The van der Waals surface area contributed by atoms with E-state index in [9.17, 15) is 14.5 Å². The Balaban J connectivity index is 4.40. The summed E-state index contributed by atoms with van der Waals surface area (Å²) in [6.45, 7) is 0. The molecule has 0 radical (unpaired) electrons. The smallest absolute Gasteiger partial charge is 0.351 e. The fourth-order valence-corrected chi connectivity index (χ4v) is 1.26. The average molecular weight is 274 g/mol. The first-order valence-electron chi connectivity index (χ1n) is 5.08. The van der Waals surface area contributed by atoms with E-state index in [0.717, 1.165) is 0 Å². The van der Waals surface area contributed by atoms with Gasteiger partial charge in [0.05, 0.1) is 0 Å². The second-order valence-corrected chi connectivity index (χ2v) is 3.29. The van der Waals surface area contributed by atoms with Crippen molar-refractivity contribution in [3.8, 4) is 0 Å². The number of nitrogens with two attached hydrogens (primary N) is 3. The van der Waals surface area contributed by atoms with Crippen LogP contribution >= 0.6 is 0 Å². The number of rotatable bonds is 8. The molecule has 0 aromatic carbocycles. The second-order valence-electron chi connectivity index (χ2n) is 3.29. The van der Waals surface area contributed by atoms with E-state index in [2.05, 4.69) is 30.7 Å². The van der Waals surface area contributed by atoms with Crippen LogP contribution in [0.25, 0.3) is 0 Å². The summed E-state index contributed by atoms with van der Waals surface area (Å²) in [7, 11) is 0. The lowest BCUT2D eigenvalue weighted by Gasteiger charge is -2.09. The fraction of sp³-hybridized carbons (Fsp3) is 0.714. The molecule has 0 spiro atoms. The van der Waals surface area contributed by atoms with Crippen LogP contribution in [0.3, 0.4) is 0 Å². The minimum Gasteiger partial charge on any atom is -0.372 e. The van der Waals surface area contributed by atoms with Gasteiger partial charge in [0.15, 0.2) is 12.1 Å². The maximum atomic E-state index is 11.1. The van der Waals surface area contributed by atoms with Crippen molar-refractivity contribution in [3.05, 3.63) is 4.91 Å². The maximum Gasteiger partial charge on any atom is 0.351 e. The van der Waals surface area contributed by atoms with Crippen LogP contribution in [0, 0.1) is 4.91 Å². The zero-order valence-corrected chi connectivity index (χ0v) is 9.88. The summed E-state index contributed by atoms with van der Waals surface area (Å²) in [4.78, 5) is 36.3. The largest absolute Gasteiger partial charge is 0.372 e. The zero-order chi connectivity index (χ0) is 14.7. The van der Waals surface area contributed by atoms with Crippen molar-refractivity contribution >= 4 is 11.9 Å². The Kier molecular flexibility index (Phi) is 8.27. The SMILES string of the molecule is NN=NC(CCC[C@H](N=NN)C(=O)ON)C(=O)N=O. The standard InChI is InChI=1S/C7H14N8O4/c8-14-11-4(6(16)13-18)2-1-3-5(12-15-9)7(17)19-10/h4-5H,1-3,10H2,(H2,8,11)(H2,9,12)/t4?,5-/m0/s1. The summed E-state index contributed by atoms with van der Waals surface area (Å²) in [5.74, 6) is 12.5. The Hall–Kier alpha value is -2.50. The summed E-state index contributed by atoms with van der Waals surface area (Å²) in [5, 5.41) is 14.8. The molecule has 0 bridgehead atoms. The molecular weight excluding hydrogens is 260 g/mol. The van der Waals surface area contributed by atoms with E-state index >= 15 is 0 Å². The summed E-state index contributed by atoms with van der Waals surface area (Å²) in [5.41, 5.74) is 0. The number of hydrogen-bond acceptors (Lipinski definition) is 9. The van der Waals surface area contributed by atoms with Crippen LogP contribution in [0.15, 0.2) is 25.9 Å². The summed E-state index contributed by atoms with van der Waals surface area (Å²) in [6, 6.07) is -2.09. The molecule has 0 saturated carbocycles. The molecule has 1 amide bonds. The molecular formula is C7H14N8O4. The van der Waals surface area contributed by atoms with Crippen molar-refractivity contribution in [2.24, 2.45) is 43.4 Å². The Morgan fingerprint density at radius 3 is 2.05 bits per heavy atom. The summed E-state index contributed by atoms with van der Waals surface area (Å²) in [6.07, 6.45) is 0.503. The van der Waals surface area contributed by atoms with Crippen LogP contribution in [0.1, 0.15) is 19.3 Å². The van der Waals surface area contributed by atoms with Gasteiger partial charge >= 0.3 is 11.9 Å². The van der Waals surface area contributed by atoms with E-state index in [1.165, 1.54) is 0 Å². The Morgan fingerprint density at radius 1 is 1.05 bits per heavy atom. The number of amides is 1. The molecule has 0 saturated heterocycles. The third-order valence-corrected chi connectivity index (χ3v) is 2.13. The van der Waals surface area contributed by atoms with Gasteiger partial charge in [0.2, 0.25) is 0 Å². The quantitative estimate of drug-likeness (QED) is 0.223. The van der Waals surface area contributed by atoms with Gasteiger partial charge in [-0.15, -0.1) is 4.91 Å². The highest BCUT2D eigenvalue weighted by molar-refractivity contribution is 5.82. The van der Waals surface area contributed by atoms with Crippen molar-refractivity contribution < 1.29 is 14.4 Å². The van der Waals surface area contributed by atoms with Gasteiger partial charge in [0.25, 0.3) is 0 Å². The van der Waals surface area contributed by atoms with Crippen LogP contribution in [0.5, 0.6) is 0 Å². The minimum atomic E-state index is -1.09. The molecule has 0 aromatic heterocycles. The molecule has 0 aliphatic carbocycles. The molecule has 0 aliphatic heterocycles. The van der Waals surface area contributed by atoms with Crippen molar-refractivity contribution in [1.29, 1.82) is 0 Å². The molecule has 106 valence electrons. The Labute approximate surface area is 107 Å². The van der Waals surface area contributed by atoms with Crippen molar-refractivity contribution in [3.63, 3.8) is 0 Å². The highest BCUT2D eigenvalue weighted by Crippen LogP contribution is 2.12. The van der Waals surface area contributed by atoms with Crippen molar-refractivity contribution in [1.82, 2.24) is 0 Å². The normalized spacial score (nSPS) is 14.4. The molecule has 6 N–H and O–H groups in total.